The highest BCUT2D eigenvalue weighted by Crippen LogP contribution is 2.51. The zero-order valence-corrected chi connectivity index (χ0v) is 18.7. The molecule has 3 aliphatic rings. The van der Waals surface area contributed by atoms with Gasteiger partial charge >= 0.3 is 0 Å². The van der Waals surface area contributed by atoms with E-state index in [9.17, 15) is 9.50 Å². The molecule has 3 unspecified atom stereocenters. The Morgan fingerprint density at radius 2 is 1.94 bits per heavy atom. The first-order chi connectivity index (χ1) is 15.5. The molecule has 32 heavy (non-hydrogen) atoms. The lowest BCUT2D eigenvalue weighted by Gasteiger charge is -2.48. The van der Waals surface area contributed by atoms with Crippen molar-refractivity contribution in [1.82, 2.24) is 14.9 Å². The lowest BCUT2D eigenvalue weighted by atomic mass is 9.61. The summed E-state index contributed by atoms with van der Waals surface area (Å²) in [5.74, 6) is 1.40. The zero-order valence-electron chi connectivity index (χ0n) is 18.7. The van der Waals surface area contributed by atoms with Gasteiger partial charge in [0.25, 0.3) is 0 Å². The molecular formula is C27H32FN3O. The standard InChI is InChI=1S/C27H32FN3O/c1-31(15-4-7-26-29-24-5-2-3-6-25(24)30-26)16-14-27(32)18-20-8-11-21(27)17-23(20)19-9-12-22(28)13-10-19/h2-3,5-6,9-10,12-13,17,20-21,32H,4,7-8,11,14-16,18H2,1H3,(H,29,30). The van der Waals surface area contributed by atoms with Crippen molar-refractivity contribution in [3.63, 3.8) is 0 Å². The normalized spacial score (nSPS) is 24.9. The van der Waals surface area contributed by atoms with Crippen LogP contribution < -0.4 is 0 Å². The third kappa shape index (κ3) is 4.37. The molecule has 1 aromatic heterocycles. The van der Waals surface area contributed by atoms with Crippen LogP contribution in [0.1, 0.15) is 43.5 Å². The summed E-state index contributed by atoms with van der Waals surface area (Å²) in [6, 6.07) is 14.9. The van der Waals surface area contributed by atoms with E-state index in [0.717, 1.165) is 74.0 Å². The van der Waals surface area contributed by atoms with Crippen molar-refractivity contribution < 1.29 is 9.50 Å². The fourth-order valence-corrected chi connectivity index (χ4v) is 5.58. The van der Waals surface area contributed by atoms with Gasteiger partial charge in [-0.05, 0) is 87.0 Å². The van der Waals surface area contributed by atoms with Crippen molar-refractivity contribution in [2.75, 3.05) is 20.1 Å². The van der Waals surface area contributed by atoms with E-state index in [1.807, 2.05) is 30.3 Å². The lowest BCUT2D eigenvalue weighted by molar-refractivity contribution is -0.0574. The molecule has 0 saturated heterocycles. The molecule has 3 atom stereocenters. The van der Waals surface area contributed by atoms with E-state index < -0.39 is 5.60 Å². The molecule has 2 aromatic carbocycles. The number of hydrogen-bond donors (Lipinski definition) is 2. The number of aryl methyl sites for hydroxylation is 1. The van der Waals surface area contributed by atoms with Gasteiger partial charge in [0.05, 0.1) is 16.6 Å². The Morgan fingerprint density at radius 1 is 1.12 bits per heavy atom. The molecule has 0 radical (unpaired) electrons. The van der Waals surface area contributed by atoms with Gasteiger partial charge in [-0.15, -0.1) is 0 Å². The smallest absolute Gasteiger partial charge is 0.123 e. The number of para-hydroxylation sites is 2. The van der Waals surface area contributed by atoms with Crippen LogP contribution in [0, 0.1) is 17.7 Å². The number of hydrogen-bond acceptors (Lipinski definition) is 3. The Kier molecular flexibility index (Phi) is 5.87. The van der Waals surface area contributed by atoms with Gasteiger partial charge < -0.3 is 15.0 Å². The Bertz CT molecular complexity index is 1070. The number of nitrogens with zero attached hydrogens (tertiary/aromatic N) is 2. The van der Waals surface area contributed by atoms with Gasteiger partial charge in [-0.2, -0.15) is 0 Å². The molecule has 0 spiro atoms. The number of aliphatic hydroxyl groups is 1. The van der Waals surface area contributed by atoms with E-state index in [4.69, 9.17) is 0 Å². The number of fused-ring (bicyclic) bond motifs is 3. The van der Waals surface area contributed by atoms with Crippen molar-refractivity contribution in [2.45, 2.75) is 44.1 Å². The Labute approximate surface area is 189 Å². The highest BCUT2D eigenvalue weighted by Gasteiger charge is 2.46. The third-order valence-corrected chi connectivity index (χ3v) is 7.43. The van der Waals surface area contributed by atoms with Crippen LogP contribution in [0.5, 0.6) is 0 Å². The van der Waals surface area contributed by atoms with Gasteiger partial charge in [-0.3, -0.25) is 0 Å². The molecular weight excluding hydrogens is 401 g/mol. The van der Waals surface area contributed by atoms with E-state index in [2.05, 4.69) is 34.1 Å². The summed E-state index contributed by atoms with van der Waals surface area (Å²) >= 11 is 0. The summed E-state index contributed by atoms with van der Waals surface area (Å²) in [5.41, 5.74) is 3.90. The Balaban J connectivity index is 1.14. The maximum atomic E-state index is 13.3. The molecule has 3 aliphatic carbocycles. The number of imidazole rings is 1. The molecule has 2 N–H and O–H groups in total. The monoisotopic (exact) mass is 433 g/mol. The number of aromatic amines is 1. The van der Waals surface area contributed by atoms with Gasteiger partial charge in [0, 0.05) is 18.9 Å². The highest BCUT2D eigenvalue weighted by molar-refractivity contribution is 5.74. The largest absolute Gasteiger partial charge is 0.389 e. The van der Waals surface area contributed by atoms with Crippen LogP contribution in [0.2, 0.25) is 0 Å². The summed E-state index contributed by atoms with van der Waals surface area (Å²) < 4.78 is 13.3. The summed E-state index contributed by atoms with van der Waals surface area (Å²) in [5, 5.41) is 11.5. The van der Waals surface area contributed by atoms with Crippen molar-refractivity contribution in [3.05, 3.63) is 71.8 Å². The first-order valence-corrected chi connectivity index (χ1v) is 11.8. The minimum absolute atomic E-state index is 0.191. The highest BCUT2D eigenvalue weighted by atomic mass is 19.1. The summed E-state index contributed by atoms with van der Waals surface area (Å²) in [4.78, 5) is 10.4. The minimum atomic E-state index is -0.626. The molecule has 5 heteroatoms. The number of nitrogens with one attached hydrogen (secondary N) is 1. The third-order valence-electron chi connectivity index (χ3n) is 7.43. The van der Waals surface area contributed by atoms with Crippen molar-refractivity contribution in [2.24, 2.45) is 11.8 Å². The van der Waals surface area contributed by atoms with Crippen LogP contribution in [-0.2, 0) is 6.42 Å². The van der Waals surface area contributed by atoms with Crippen LogP contribution in [0.3, 0.4) is 0 Å². The summed E-state index contributed by atoms with van der Waals surface area (Å²) in [6.07, 6.45) is 8.00. The second-order valence-electron chi connectivity index (χ2n) is 9.67. The quantitative estimate of drug-likeness (QED) is 0.513. The van der Waals surface area contributed by atoms with E-state index in [1.165, 1.54) is 17.7 Å². The van der Waals surface area contributed by atoms with E-state index in [1.54, 1.807) is 0 Å². The van der Waals surface area contributed by atoms with E-state index in [0.29, 0.717) is 5.92 Å². The molecule has 1 heterocycles. The van der Waals surface area contributed by atoms with Gasteiger partial charge in [0.2, 0.25) is 0 Å². The maximum absolute atomic E-state index is 13.3. The SMILES string of the molecule is CN(CCCc1nc2ccccc2[nH]1)CCC1(O)CC2CCC1C=C2c1ccc(F)cc1. The van der Waals surface area contributed by atoms with Crippen molar-refractivity contribution >= 4 is 16.6 Å². The van der Waals surface area contributed by atoms with Crippen LogP contribution >= 0.6 is 0 Å². The lowest BCUT2D eigenvalue weighted by Crippen LogP contribution is -2.48. The fraction of sp³-hybridized carbons (Fsp3) is 0.444. The van der Waals surface area contributed by atoms with Crippen LogP contribution in [0.25, 0.3) is 16.6 Å². The molecule has 168 valence electrons. The van der Waals surface area contributed by atoms with Crippen LogP contribution in [-0.4, -0.2) is 45.7 Å². The zero-order chi connectivity index (χ0) is 22.1. The van der Waals surface area contributed by atoms with Gasteiger partial charge in [0.1, 0.15) is 11.6 Å². The molecule has 1 fully saturated rings. The second kappa shape index (κ2) is 8.80. The molecule has 3 aromatic rings. The van der Waals surface area contributed by atoms with Gasteiger partial charge in [-0.1, -0.05) is 30.3 Å². The van der Waals surface area contributed by atoms with E-state index >= 15 is 0 Å². The number of aromatic nitrogens is 2. The molecule has 6 rings (SSSR count). The molecule has 2 bridgehead atoms. The topological polar surface area (TPSA) is 52.2 Å². The van der Waals surface area contributed by atoms with Crippen molar-refractivity contribution in [3.8, 4) is 0 Å². The van der Waals surface area contributed by atoms with Crippen LogP contribution in [0.4, 0.5) is 4.39 Å². The number of halogens is 1. The molecule has 0 amide bonds. The minimum Gasteiger partial charge on any atom is -0.389 e. The Morgan fingerprint density at radius 3 is 2.69 bits per heavy atom. The summed E-state index contributed by atoms with van der Waals surface area (Å²) in [7, 11) is 2.14. The van der Waals surface area contributed by atoms with E-state index in [-0.39, 0.29) is 11.7 Å². The second-order valence-corrected chi connectivity index (χ2v) is 9.67. The number of H-pyrrole nitrogens is 1. The molecule has 4 nitrogen and oxygen atoms in total. The predicted molar refractivity (Wildman–Crippen MR) is 127 cm³/mol. The first kappa shape index (κ1) is 21.4. The van der Waals surface area contributed by atoms with Crippen molar-refractivity contribution in [1.29, 1.82) is 0 Å². The predicted octanol–water partition coefficient (Wildman–Crippen LogP) is 5.20. The molecule has 0 aliphatic heterocycles. The number of benzene rings is 2. The summed E-state index contributed by atoms with van der Waals surface area (Å²) in [6.45, 7) is 1.87. The number of allylic oxidation sites excluding steroid dienone is 1. The maximum Gasteiger partial charge on any atom is 0.123 e. The van der Waals surface area contributed by atoms with Gasteiger partial charge in [-0.25, -0.2) is 9.37 Å². The Hall–Kier alpha value is -2.50. The average Bonchev–Trinajstić information content (AvgIpc) is 3.21. The number of rotatable bonds is 8. The van der Waals surface area contributed by atoms with Gasteiger partial charge in [0.15, 0.2) is 0 Å². The van der Waals surface area contributed by atoms with Crippen LogP contribution in [0.15, 0.2) is 54.6 Å². The molecule has 1 saturated carbocycles. The average molecular weight is 434 g/mol. The first-order valence-electron chi connectivity index (χ1n) is 11.8. The fourth-order valence-electron chi connectivity index (χ4n) is 5.58.